The van der Waals surface area contributed by atoms with Crippen molar-refractivity contribution >= 4 is 33.0 Å². The first kappa shape index (κ1) is 10.6. The lowest BCUT2D eigenvalue weighted by atomic mass is 10.3. The second kappa shape index (κ2) is 4.77. The van der Waals surface area contributed by atoms with Gasteiger partial charge in [-0.3, -0.25) is 0 Å². The minimum Gasteiger partial charge on any atom is -0.380 e. The molecule has 0 aliphatic carbocycles. The third-order valence-electron chi connectivity index (χ3n) is 1.94. The Kier molecular flexibility index (Phi) is 3.38. The fourth-order valence-electron chi connectivity index (χ4n) is 1.20. The van der Waals surface area contributed by atoms with Crippen LogP contribution < -0.4 is 5.32 Å². The van der Waals surface area contributed by atoms with Crippen LogP contribution in [0, 0.1) is 5.82 Å². The van der Waals surface area contributed by atoms with Crippen LogP contribution >= 0.6 is 27.3 Å². The number of anilines is 1. The summed E-state index contributed by atoms with van der Waals surface area (Å²) < 4.78 is 13.7. The molecule has 0 aliphatic rings. The van der Waals surface area contributed by atoms with Crippen molar-refractivity contribution in [3.05, 3.63) is 50.9 Å². The van der Waals surface area contributed by atoms with Gasteiger partial charge >= 0.3 is 0 Å². The van der Waals surface area contributed by atoms with Crippen molar-refractivity contribution in [2.45, 2.75) is 6.54 Å². The molecule has 0 saturated carbocycles. The molecule has 1 aromatic heterocycles. The Hall–Kier alpha value is -0.870. The summed E-state index contributed by atoms with van der Waals surface area (Å²) in [6, 6.07) is 10.5. The molecular weight excluding hydrogens is 277 g/mol. The van der Waals surface area contributed by atoms with Crippen LogP contribution in [0.3, 0.4) is 0 Å². The summed E-state index contributed by atoms with van der Waals surface area (Å²) in [7, 11) is 0. The summed E-state index contributed by atoms with van der Waals surface area (Å²) in [4.78, 5) is 1.24. The van der Waals surface area contributed by atoms with Crippen LogP contribution in [0.25, 0.3) is 0 Å². The van der Waals surface area contributed by atoms with Gasteiger partial charge in [-0.05, 0) is 52.3 Å². The van der Waals surface area contributed by atoms with Gasteiger partial charge in [0.15, 0.2) is 0 Å². The van der Waals surface area contributed by atoms with Gasteiger partial charge in [0.25, 0.3) is 0 Å². The van der Waals surface area contributed by atoms with Crippen molar-refractivity contribution in [2.75, 3.05) is 5.32 Å². The van der Waals surface area contributed by atoms with Gasteiger partial charge in [0.2, 0.25) is 0 Å². The quantitative estimate of drug-likeness (QED) is 0.888. The van der Waals surface area contributed by atoms with E-state index in [9.17, 15) is 4.39 Å². The van der Waals surface area contributed by atoms with Gasteiger partial charge in [0.05, 0.1) is 3.79 Å². The molecule has 1 heterocycles. The summed E-state index contributed by atoms with van der Waals surface area (Å²) in [6.07, 6.45) is 0. The minimum atomic E-state index is -0.209. The van der Waals surface area contributed by atoms with Gasteiger partial charge in [0, 0.05) is 17.1 Å². The number of rotatable bonds is 3. The van der Waals surface area contributed by atoms with Crippen LogP contribution in [-0.4, -0.2) is 0 Å². The van der Waals surface area contributed by atoms with Gasteiger partial charge < -0.3 is 5.32 Å². The van der Waals surface area contributed by atoms with Crippen LogP contribution in [-0.2, 0) is 6.54 Å². The molecule has 1 nitrogen and oxygen atoms in total. The smallest absolute Gasteiger partial charge is 0.123 e. The highest BCUT2D eigenvalue weighted by Gasteiger charge is 1.97. The normalized spacial score (nSPS) is 10.3. The van der Waals surface area contributed by atoms with E-state index in [2.05, 4.69) is 27.3 Å². The van der Waals surface area contributed by atoms with Crippen molar-refractivity contribution in [3.8, 4) is 0 Å². The van der Waals surface area contributed by atoms with Gasteiger partial charge in [-0.15, -0.1) is 11.3 Å². The lowest BCUT2D eigenvalue weighted by Gasteiger charge is -2.03. The molecule has 2 rings (SSSR count). The average Bonchev–Trinajstić information content (AvgIpc) is 2.64. The Labute approximate surface area is 100 Å². The summed E-state index contributed by atoms with van der Waals surface area (Å²) >= 11 is 5.10. The van der Waals surface area contributed by atoms with E-state index in [4.69, 9.17) is 0 Å². The first-order valence-corrected chi connectivity index (χ1v) is 6.08. The van der Waals surface area contributed by atoms with Crippen LogP contribution in [0.5, 0.6) is 0 Å². The van der Waals surface area contributed by atoms with E-state index >= 15 is 0 Å². The van der Waals surface area contributed by atoms with E-state index in [0.717, 1.165) is 16.0 Å². The summed E-state index contributed by atoms with van der Waals surface area (Å²) in [5.74, 6) is -0.209. The topological polar surface area (TPSA) is 12.0 Å². The number of benzene rings is 1. The maximum absolute atomic E-state index is 12.6. The minimum absolute atomic E-state index is 0.209. The Morgan fingerprint density at radius 2 is 1.87 bits per heavy atom. The average molecular weight is 286 g/mol. The molecule has 0 amide bonds. The molecule has 0 bridgehead atoms. The van der Waals surface area contributed by atoms with Gasteiger partial charge in [0.1, 0.15) is 5.82 Å². The monoisotopic (exact) mass is 285 g/mol. The molecule has 0 atom stereocenters. The highest BCUT2D eigenvalue weighted by Crippen LogP contribution is 2.22. The Morgan fingerprint density at radius 1 is 1.13 bits per heavy atom. The predicted octanol–water partition coefficient (Wildman–Crippen LogP) is 4.26. The standard InChI is InChI=1S/C11H9BrFNS/c12-11-6-5-10(15-11)7-14-9-3-1-8(13)2-4-9/h1-6,14H,7H2. The van der Waals surface area contributed by atoms with E-state index in [-0.39, 0.29) is 5.82 Å². The largest absolute Gasteiger partial charge is 0.380 e. The second-order valence-electron chi connectivity index (χ2n) is 3.07. The first-order chi connectivity index (χ1) is 7.24. The van der Waals surface area contributed by atoms with Crippen LogP contribution in [0.1, 0.15) is 4.88 Å². The lowest BCUT2D eigenvalue weighted by molar-refractivity contribution is 0.628. The summed E-state index contributed by atoms with van der Waals surface area (Å²) in [5.41, 5.74) is 0.931. The van der Waals surface area contributed by atoms with Crippen molar-refractivity contribution < 1.29 is 4.39 Å². The maximum Gasteiger partial charge on any atom is 0.123 e. The predicted molar refractivity (Wildman–Crippen MR) is 65.7 cm³/mol. The molecular formula is C11H9BrFNS. The summed E-state index contributed by atoms with van der Waals surface area (Å²) in [5, 5.41) is 3.22. The highest BCUT2D eigenvalue weighted by atomic mass is 79.9. The lowest BCUT2D eigenvalue weighted by Crippen LogP contribution is -1.96. The van der Waals surface area contributed by atoms with Crippen LogP contribution in [0.4, 0.5) is 10.1 Å². The molecule has 0 unspecified atom stereocenters. The fourth-order valence-corrected chi connectivity index (χ4v) is 2.63. The molecule has 0 fully saturated rings. The van der Waals surface area contributed by atoms with E-state index in [1.807, 2.05) is 6.07 Å². The van der Waals surface area contributed by atoms with E-state index < -0.39 is 0 Å². The Morgan fingerprint density at radius 3 is 2.47 bits per heavy atom. The SMILES string of the molecule is Fc1ccc(NCc2ccc(Br)s2)cc1. The maximum atomic E-state index is 12.6. The zero-order valence-electron chi connectivity index (χ0n) is 7.84. The molecule has 1 N–H and O–H groups in total. The van der Waals surface area contributed by atoms with Gasteiger partial charge in [-0.2, -0.15) is 0 Å². The third-order valence-corrected chi connectivity index (χ3v) is 3.56. The molecule has 1 aromatic carbocycles. The molecule has 15 heavy (non-hydrogen) atoms. The van der Waals surface area contributed by atoms with Crippen LogP contribution in [0.2, 0.25) is 0 Å². The highest BCUT2D eigenvalue weighted by molar-refractivity contribution is 9.11. The molecule has 0 aliphatic heterocycles. The number of thiophene rings is 1. The molecule has 4 heteroatoms. The van der Waals surface area contributed by atoms with Crippen molar-refractivity contribution in [1.29, 1.82) is 0 Å². The Balaban J connectivity index is 1.96. The van der Waals surface area contributed by atoms with Gasteiger partial charge in [-0.25, -0.2) is 4.39 Å². The first-order valence-electron chi connectivity index (χ1n) is 4.48. The van der Waals surface area contributed by atoms with Crippen molar-refractivity contribution in [2.24, 2.45) is 0 Å². The number of halogens is 2. The van der Waals surface area contributed by atoms with Crippen molar-refractivity contribution in [1.82, 2.24) is 0 Å². The molecule has 78 valence electrons. The number of hydrogen-bond donors (Lipinski definition) is 1. The molecule has 0 saturated heterocycles. The van der Waals surface area contributed by atoms with Gasteiger partial charge in [-0.1, -0.05) is 0 Å². The molecule has 0 spiro atoms. The Bertz CT molecular complexity index is 438. The van der Waals surface area contributed by atoms with Crippen molar-refractivity contribution in [3.63, 3.8) is 0 Å². The third kappa shape index (κ3) is 3.04. The zero-order valence-corrected chi connectivity index (χ0v) is 10.2. The number of hydrogen-bond acceptors (Lipinski definition) is 2. The zero-order chi connectivity index (χ0) is 10.7. The molecule has 2 aromatic rings. The second-order valence-corrected chi connectivity index (χ2v) is 5.61. The van der Waals surface area contributed by atoms with E-state index in [0.29, 0.717) is 0 Å². The number of nitrogens with one attached hydrogen (secondary N) is 1. The van der Waals surface area contributed by atoms with E-state index in [1.54, 1.807) is 23.5 Å². The van der Waals surface area contributed by atoms with Crippen LogP contribution in [0.15, 0.2) is 40.2 Å². The van der Waals surface area contributed by atoms with E-state index in [1.165, 1.54) is 17.0 Å². The fraction of sp³-hybridized carbons (Fsp3) is 0.0909. The summed E-state index contributed by atoms with van der Waals surface area (Å²) in [6.45, 7) is 0.766. The molecule has 0 radical (unpaired) electrons.